The van der Waals surface area contributed by atoms with Crippen LogP contribution < -0.4 is 0 Å². The van der Waals surface area contributed by atoms with Crippen LogP contribution in [0, 0.1) is 0 Å². The highest BCUT2D eigenvalue weighted by molar-refractivity contribution is 7.98. The van der Waals surface area contributed by atoms with Crippen LogP contribution in [0.1, 0.15) is 49.7 Å². The first-order valence-electron chi connectivity index (χ1n) is 12.0. The summed E-state index contributed by atoms with van der Waals surface area (Å²) in [7, 11) is 0. The Morgan fingerprint density at radius 1 is 0.938 bits per heavy atom. The molecule has 4 nitrogen and oxygen atoms in total. The van der Waals surface area contributed by atoms with Crippen LogP contribution in [0.2, 0.25) is 0 Å². The summed E-state index contributed by atoms with van der Waals surface area (Å²) >= 11 is 1.57. The molecule has 3 heterocycles. The van der Waals surface area contributed by atoms with Crippen LogP contribution in [0.15, 0.2) is 60.7 Å². The Balaban J connectivity index is 1.45. The fourth-order valence-electron chi connectivity index (χ4n) is 6.66. The highest BCUT2D eigenvalue weighted by atomic mass is 32.2. The van der Waals surface area contributed by atoms with Crippen molar-refractivity contribution in [1.82, 2.24) is 0 Å². The number of hydrogen-bond acceptors (Lipinski definition) is 4. The topological polar surface area (TPSA) is 35.5 Å². The zero-order valence-electron chi connectivity index (χ0n) is 18.9. The summed E-state index contributed by atoms with van der Waals surface area (Å²) in [5, 5.41) is 0. The second-order valence-electron chi connectivity index (χ2n) is 9.61. The van der Waals surface area contributed by atoms with E-state index in [1.54, 1.807) is 11.8 Å². The molecule has 2 aromatic rings. The summed E-state index contributed by atoms with van der Waals surface area (Å²) in [6, 6.07) is 21.0. The van der Waals surface area contributed by atoms with Crippen molar-refractivity contribution in [2.24, 2.45) is 0 Å². The van der Waals surface area contributed by atoms with Crippen LogP contribution in [0.5, 0.6) is 0 Å². The quantitative estimate of drug-likeness (QED) is 0.332. The molecule has 0 aliphatic carbocycles. The Morgan fingerprint density at radius 3 is 1.97 bits per heavy atom. The molecule has 2 aromatic carbocycles. The number of nitrogens with zero attached hydrogens (tertiary/aromatic N) is 1. The Labute approximate surface area is 195 Å². The molecule has 0 saturated carbocycles. The highest BCUT2D eigenvalue weighted by Crippen LogP contribution is 2.47. The summed E-state index contributed by atoms with van der Waals surface area (Å²) in [4.78, 5) is 14.0. The number of piperidine rings is 1. The zero-order chi connectivity index (χ0) is 22.0. The number of ether oxygens (including phenoxy) is 2. The van der Waals surface area contributed by atoms with E-state index in [0.717, 1.165) is 24.0 Å². The summed E-state index contributed by atoms with van der Waals surface area (Å²) in [6.07, 6.45) is 9.22. The lowest BCUT2D eigenvalue weighted by Crippen LogP contribution is -2.60. The maximum atomic E-state index is 14.0. The fraction of sp³-hybridized carbons (Fsp3) is 0.519. The molecular weight excluding hydrogens is 418 g/mol. The molecule has 170 valence electrons. The van der Waals surface area contributed by atoms with Gasteiger partial charge in [-0.1, -0.05) is 60.7 Å². The maximum absolute atomic E-state index is 14.0. The number of esters is 1. The van der Waals surface area contributed by atoms with Crippen molar-refractivity contribution in [3.05, 3.63) is 71.8 Å². The molecule has 0 aromatic heterocycles. The lowest BCUT2D eigenvalue weighted by molar-refractivity contribution is -0.956. The molecule has 2 bridgehead atoms. The van der Waals surface area contributed by atoms with Crippen LogP contribution in [0.25, 0.3) is 0 Å². The summed E-state index contributed by atoms with van der Waals surface area (Å²) < 4.78 is 14.1. The number of carbonyl (C=O) groups is 1. The SMILES string of the molecule is CSCOC(C(=O)OC1CC2CCC(C1)[N+]21CCCC1)(c1ccccc1)c1ccccc1. The van der Waals surface area contributed by atoms with Crippen molar-refractivity contribution in [2.75, 3.05) is 25.3 Å². The number of rotatable bonds is 7. The summed E-state index contributed by atoms with van der Waals surface area (Å²) in [6.45, 7) is 2.65. The second kappa shape index (κ2) is 9.20. The van der Waals surface area contributed by atoms with E-state index in [9.17, 15) is 4.79 Å². The highest BCUT2D eigenvalue weighted by Gasteiger charge is 2.56. The number of quaternary nitrogens is 1. The second-order valence-corrected chi connectivity index (χ2v) is 10.4. The molecule has 0 N–H and O–H groups in total. The van der Waals surface area contributed by atoms with Gasteiger partial charge in [-0.25, -0.2) is 4.79 Å². The van der Waals surface area contributed by atoms with Gasteiger partial charge in [-0.2, -0.15) is 0 Å². The third-order valence-corrected chi connectivity index (χ3v) is 8.42. The minimum atomic E-state index is -1.25. The van der Waals surface area contributed by atoms with Gasteiger partial charge in [-0.05, 0) is 17.4 Å². The van der Waals surface area contributed by atoms with Gasteiger partial charge in [0.05, 0.1) is 31.1 Å². The molecule has 3 saturated heterocycles. The van der Waals surface area contributed by atoms with Crippen LogP contribution >= 0.6 is 11.8 Å². The predicted octanol–water partition coefficient (Wildman–Crippen LogP) is 5.11. The summed E-state index contributed by atoms with van der Waals surface area (Å²) in [5.74, 6) is 0.137. The lowest BCUT2D eigenvalue weighted by atomic mass is 9.85. The zero-order valence-corrected chi connectivity index (χ0v) is 19.8. The van der Waals surface area contributed by atoms with Crippen molar-refractivity contribution >= 4 is 17.7 Å². The first kappa shape index (κ1) is 22.0. The normalized spacial score (nSPS) is 26.3. The van der Waals surface area contributed by atoms with Gasteiger partial charge in [0.15, 0.2) is 0 Å². The van der Waals surface area contributed by atoms with Crippen molar-refractivity contribution in [2.45, 2.75) is 62.3 Å². The van der Waals surface area contributed by atoms with Gasteiger partial charge >= 0.3 is 5.97 Å². The lowest BCUT2D eigenvalue weighted by Gasteiger charge is -2.47. The third-order valence-electron chi connectivity index (χ3n) is 8.07. The molecule has 2 atom stereocenters. The van der Waals surface area contributed by atoms with E-state index in [1.807, 2.05) is 66.9 Å². The molecule has 1 spiro atoms. The average molecular weight is 453 g/mol. The summed E-state index contributed by atoms with van der Waals surface area (Å²) in [5.41, 5.74) is 0.404. The molecular formula is C27H34NO3S+. The molecule has 5 heteroatoms. The Kier molecular flexibility index (Phi) is 6.33. The minimum Gasteiger partial charge on any atom is -0.459 e. The van der Waals surface area contributed by atoms with Crippen LogP contribution in [-0.4, -0.2) is 53.9 Å². The van der Waals surface area contributed by atoms with Gasteiger partial charge < -0.3 is 14.0 Å². The smallest absolute Gasteiger partial charge is 0.348 e. The van der Waals surface area contributed by atoms with Gasteiger partial charge in [0.2, 0.25) is 5.60 Å². The fourth-order valence-corrected chi connectivity index (χ4v) is 6.96. The first-order valence-corrected chi connectivity index (χ1v) is 13.4. The van der Waals surface area contributed by atoms with Gasteiger partial charge in [-0.15, -0.1) is 11.8 Å². The maximum Gasteiger partial charge on any atom is 0.348 e. The van der Waals surface area contributed by atoms with Gasteiger partial charge in [0.1, 0.15) is 6.10 Å². The van der Waals surface area contributed by atoms with Crippen molar-refractivity contribution < 1.29 is 18.8 Å². The van der Waals surface area contributed by atoms with Gasteiger partial charge in [0, 0.05) is 38.5 Å². The minimum absolute atomic E-state index is 0.0194. The molecule has 5 rings (SSSR count). The standard InChI is InChI=1S/C27H34NO3S/c1-32-20-30-27(21-10-4-2-5-11-21,22-12-6-3-7-13-22)26(29)31-25-18-23-14-15-24(19-25)28(23)16-8-9-17-28/h2-7,10-13,23-25H,8-9,14-20H2,1H3/q+1. The number of thioether (sulfide) groups is 1. The van der Waals surface area contributed by atoms with Crippen molar-refractivity contribution in [1.29, 1.82) is 0 Å². The predicted molar refractivity (Wildman–Crippen MR) is 128 cm³/mol. The van der Waals surface area contributed by atoms with Gasteiger partial charge in [0.25, 0.3) is 0 Å². The molecule has 3 aliphatic heterocycles. The van der Waals surface area contributed by atoms with Crippen LogP contribution in [0.3, 0.4) is 0 Å². The van der Waals surface area contributed by atoms with Crippen LogP contribution in [-0.2, 0) is 19.9 Å². The molecule has 3 aliphatic rings. The Hall–Kier alpha value is -1.82. The average Bonchev–Trinajstić information content (AvgIpc) is 3.37. The number of carbonyl (C=O) groups excluding carboxylic acids is 1. The number of hydrogen-bond donors (Lipinski definition) is 0. The van der Waals surface area contributed by atoms with Crippen molar-refractivity contribution in [3.63, 3.8) is 0 Å². The molecule has 2 unspecified atom stereocenters. The van der Waals surface area contributed by atoms with E-state index in [1.165, 1.54) is 43.3 Å². The largest absolute Gasteiger partial charge is 0.459 e. The first-order chi connectivity index (χ1) is 15.7. The third kappa shape index (κ3) is 3.68. The van der Waals surface area contributed by atoms with Crippen molar-refractivity contribution in [3.8, 4) is 0 Å². The van der Waals surface area contributed by atoms with E-state index < -0.39 is 5.60 Å². The molecule has 32 heavy (non-hydrogen) atoms. The Bertz CT molecular complexity index is 858. The van der Waals surface area contributed by atoms with E-state index in [-0.39, 0.29) is 12.1 Å². The van der Waals surface area contributed by atoms with Crippen LogP contribution in [0.4, 0.5) is 0 Å². The molecule has 0 amide bonds. The van der Waals surface area contributed by atoms with E-state index in [4.69, 9.17) is 9.47 Å². The monoisotopic (exact) mass is 452 g/mol. The van der Waals surface area contributed by atoms with E-state index in [0.29, 0.717) is 18.0 Å². The molecule has 0 radical (unpaired) electrons. The Morgan fingerprint density at radius 2 is 1.47 bits per heavy atom. The van der Waals surface area contributed by atoms with E-state index >= 15 is 0 Å². The van der Waals surface area contributed by atoms with E-state index in [2.05, 4.69) is 0 Å². The van der Waals surface area contributed by atoms with Gasteiger partial charge in [-0.3, -0.25) is 0 Å². The molecule has 3 fully saturated rings. The number of benzene rings is 2.